The number of anilines is 1. The number of β-lactam (4-membered cyclic amide) rings is 1. The molecule has 1 aliphatic heterocycles. The van der Waals surface area contributed by atoms with Crippen LogP contribution in [-0.4, -0.2) is 24.2 Å². The van der Waals surface area contributed by atoms with Gasteiger partial charge in [0, 0.05) is 5.69 Å². The molecule has 1 saturated heterocycles. The maximum Gasteiger partial charge on any atom is 0.259 e. The van der Waals surface area contributed by atoms with Crippen LogP contribution in [0.3, 0.4) is 0 Å². The molecule has 0 unspecified atom stereocenters. The number of benzene rings is 1. The van der Waals surface area contributed by atoms with E-state index < -0.39 is 12.1 Å². The zero-order chi connectivity index (χ0) is 13.4. The van der Waals surface area contributed by atoms with Crippen LogP contribution in [0.5, 0.6) is 5.75 Å². The van der Waals surface area contributed by atoms with Crippen molar-refractivity contribution in [3.05, 3.63) is 48.4 Å². The Hall–Kier alpha value is -2.27. The zero-order valence-electron chi connectivity index (χ0n) is 10.3. The van der Waals surface area contributed by atoms with Crippen LogP contribution in [0.15, 0.2) is 47.1 Å². The van der Waals surface area contributed by atoms with E-state index in [1.807, 2.05) is 0 Å². The molecule has 1 aromatic heterocycles. The lowest BCUT2D eigenvalue weighted by Gasteiger charge is -2.43. The van der Waals surface area contributed by atoms with Gasteiger partial charge in [0.15, 0.2) is 6.10 Å². The second-order valence-electron chi connectivity index (χ2n) is 4.31. The van der Waals surface area contributed by atoms with Crippen molar-refractivity contribution in [3.8, 4) is 5.75 Å². The summed E-state index contributed by atoms with van der Waals surface area (Å²) in [6, 6.07) is 10.1. The number of nitrogens with zero attached hydrogens (tertiary/aromatic N) is 1. The second-order valence-corrected chi connectivity index (χ2v) is 4.31. The zero-order valence-corrected chi connectivity index (χ0v) is 10.3. The highest BCUT2D eigenvalue weighted by atomic mass is 16.5. The van der Waals surface area contributed by atoms with Gasteiger partial charge in [-0.1, -0.05) is 0 Å². The van der Waals surface area contributed by atoms with Gasteiger partial charge in [-0.05, 0) is 36.4 Å². The summed E-state index contributed by atoms with van der Waals surface area (Å²) in [6.07, 6.45) is 0.477. The van der Waals surface area contributed by atoms with E-state index in [0.29, 0.717) is 17.2 Å². The van der Waals surface area contributed by atoms with Crippen molar-refractivity contribution >= 4 is 11.6 Å². The summed E-state index contributed by atoms with van der Waals surface area (Å²) in [6.45, 7) is 0. The van der Waals surface area contributed by atoms with Crippen molar-refractivity contribution in [2.45, 2.75) is 12.1 Å². The van der Waals surface area contributed by atoms with Crippen LogP contribution in [0.2, 0.25) is 0 Å². The molecule has 19 heavy (non-hydrogen) atoms. The van der Waals surface area contributed by atoms with Crippen LogP contribution in [0, 0.1) is 0 Å². The van der Waals surface area contributed by atoms with Gasteiger partial charge in [0.25, 0.3) is 5.91 Å². The Balaban J connectivity index is 1.91. The van der Waals surface area contributed by atoms with Crippen LogP contribution >= 0.6 is 0 Å². The van der Waals surface area contributed by atoms with Gasteiger partial charge in [-0.3, -0.25) is 9.69 Å². The molecular weight excluding hydrogens is 246 g/mol. The first-order chi connectivity index (χ1) is 9.22. The average molecular weight is 259 g/mol. The standard InChI is InChI=1S/C14H13NO4/c1-18-10-6-4-9(5-7-10)15-12(13(16)14(15)17)11-3-2-8-19-11/h2-8,12-13,16H,1H3/t12-,13-/m1/s1. The van der Waals surface area contributed by atoms with Gasteiger partial charge in [-0.2, -0.15) is 0 Å². The minimum absolute atomic E-state index is 0.327. The molecule has 1 amide bonds. The summed E-state index contributed by atoms with van der Waals surface area (Å²) < 4.78 is 10.4. The normalized spacial score (nSPS) is 22.2. The summed E-state index contributed by atoms with van der Waals surface area (Å²) in [4.78, 5) is 13.3. The van der Waals surface area contributed by atoms with E-state index >= 15 is 0 Å². The fraction of sp³-hybridized carbons (Fsp3) is 0.214. The van der Waals surface area contributed by atoms with Gasteiger partial charge in [-0.15, -0.1) is 0 Å². The SMILES string of the molecule is COc1ccc(N2C(=O)[C@H](O)[C@H]2c2ccco2)cc1. The molecule has 1 N–H and O–H groups in total. The molecule has 0 bridgehead atoms. The minimum Gasteiger partial charge on any atom is -0.497 e. The summed E-state index contributed by atoms with van der Waals surface area (Å²) in [7, 11) is 1.58. The van der Waals surface area contributed by atoms with Crippen LogP contribution in [0.25, 0.3) is 0 Å². The molecule has 3 rings (SSSR count). The van der Waals surface area contributed by atoms with Gasteiger partial charge in [0.05, 0.1) is 13.4 Å². The Morgan fingerprint density at radius 3 is 2.58 bits per heavy atom. The van der Waals surface area contributed by atoms with E-state index in [0.717, 1.165) is 0 Å². The van der Waals surface area contributed by atoms with Gasteiger partial charge in [-0.25, -0.2) is 0 Å². The van der Waals surface area contributed by atoms with Crippen LogP contribution in [-0.2, 0) is 4.79 Å². The van der Waals surface area contributed by atoms with E-state index in [1.54, 1.807) is 43.5 Å². The summed E-state index contributed by atoms with van der Waals surface area (Å²) in [5.74, 6) is 0.960. The fourth-order valence-electron chi connectivity index (χ4n) is 2.25. The van der Waals surface area contributed by atoms with Gasteiger partial charge in [0.2, 0.25) is 0 Å². The number of rotatable bonds is 3. The van der Waals surface area contributed by atoms with Crippen molar-refractivity contribution in [2.24, 2.45) is 0 Å². The second kappa shape index (κ2) is 4.44. The lowest BCUT2D eigenvalue weighted by atomic mass is 9.94. The van der Waals surface area contributed by atoms with E-state index in [9.17, 15) is 9.90 Å². The Labute approximate surface area is 110 Å². The number of carbonyl (C=O) groups is 1. The van der Waals surface area contributed by atoms with Gasteiger partial charge < -0.3 is 14.3 Å². The maximum atomic E-state index is 11.8. The maximum absolute atomic E-state index is 11.8. The van der Waals surface area contributed by atoms with Crippen LogP contribution in [0.1, 0.15) is 11.8 Å². The molecule has 2 aromatic rings. The van der Waals surface area contributed by atoms with Crippen molar-refractivity contribution in [3.63, 3.8) is 0 Å². The third-order valence-corrected chi connectivity index (χ3v) is 3.25. The number of ether oxygens (including phenoxy) is 1. The number of amides is 1. The molecule has 98 valence electrons. The third kappa shape index (κ3) is 1.79. The van der Waals surface area contributed by atoms with Crippen molar-refractivity contribution < 1.29 is 19.1 Å². The van der Waals surface area contributed by atoms with Crippen molar-refractivity contribution in [1.29, 1.82) is 0 Å². The first kappa shape index (κ1) is 11.8. The van der Waals surface area contributed by atoms with Crippen molar-refractivity contribution in [2.75, 3.05) is 12.0 Å². The van der Waals surface area contributed by atoms with E-state index in [4.69, 9.17) is 9.15 Å². The molecule has 2 heterocycles. The van der Waals surface area contributed by atoms with Crippen molar-refractivity contribution in [1.82, 2.24) is 0 Å². The van der Waals surface area contributed by atoms with E-state index in [-0.39, 0.29) is 5.91 Å². The first-order valence-electron chi connectivity index (χ1n) is 5.91. The van der Waals surface area contributed by atoms with Gasteiger partial charge >= 0.3 is 0 Å². The van der Waals surface area contributed by atoms with E-state index in [1.165, 1.54) is 11.2 Å². The number of aliphatic hydroxyl groups excluding tert-OH is 1. The first-order valence-corrected chi connectivity index (χ1v) is 5.91. The molecule has 1 fully saturated rings. The highest BCUT2D eigenvalue weighted by Gasteiger charge is 2.49. The number of furan rings is 1. The largest absolute Gasteiger partial charge is 0.497 e. The molecule has 1 aliphatic rings. The fourth-order valence-corrected chi connectivity index (χ4v) is 2.25. The minimum atomic E-state index is -1.05. The molecule has 5 nitrogen and oxygen atoms in total. The molecule has 0 saturated carbocycles. The van der Waals surface area contributed by atoms with Crippen LogP contribution in [0.4, 0.5) is 5.69 Å². The van der Waals surface area contributed by atoms with E-state index in [2.05, 4.69) is 0 Å². The Morgan fingerprint density at radius 1 is 1.26 bits per heavy atom. The summed E-state index contributed by atoms with van der Waals surface area (Å²) in [5, 5.41) is 9.80. The highest BCUT2D eigenvalue weighted by molar-refractivity contribution is 6.04. The number of aliphatic hydroxyl groups is 1. The summed E-state index contributed by atoms with van der Waals surface area (Å²) >= 11 is 0. The highest BCUT2D eigenvalue weighted by Crippen LogP contribution is 2.39. The third-order valence-electron chi connectivity index (χ3n) is 3.25. The lowest BCUT2D eigenvalue weighted by molar-refractivity contribution is -0.137. The summed E-state index contributed by atoms with van der Waals surface area (Å²) in [5.41, 5.74) is 0.706. The van der Waals surface area contributed by atoms with Crippen LogP contribution < -0.4 is 9.64 Å². The molecule has 0 aliphatic carbocycles. The average Bonchev–Trinajstić information content (AvgIpc) is 2.97. The Kier molecular flexibility index (Phi) is 2.76. The smallest absolute Gasteiger partial charge is 0.259 e. The molecule has 0 radical (unpaired) electrons. The molecule has 1 aromatic carbocycles. The quantitative estimate of drug-likeness (QED) is 0.853. The Morgan fingerprint density at radius 2 is 2.00 bits per heavy atom. The molecule has 0 spiro atoms. The Bertz CT molecular complexity index is 576. The number of carbonyl (C=O) groups excluding carboxylic acids is 1. The molecule has 5 heteroatoms. The monoisotopic (exact) mass is 259 g/mol. The number of hydrogen-bond donors (Lipinski definition) is 1. The predicted molar refractivity (Wildman–Crippen MR) is 67.9 cm³/mol. The molecular formula is C14H13NO4. The topological polar surface area (TPSA) is 62.9 Å². The number of hydrogen-bond acceptors (Lipinski definition) is 4. The molecule has 2 atom stereocenters. The lowest BCUT2D eigenvalue weighted by Crippen LogP contribution is -2.59. The number of methoxy groups -OCH3 is 1. The predicted octanol–water partition coefficient (Wildman–Crippen LogP) is 1.74. The van der Waals surface area contributed by atoms with Gasteiger partial charge in [0.1, 0.15) is 17.6 Å².